The molecular weight excluding hydrogens is 220 g/mol. The molecule has 17 heavy (non-hydrogen) atoms. The summed E-state index contributed by atoms with van der Waals surface area (Å²) in [7, 11) is -0.634. The minimum Gasteiger partial charge on any atom is -0.534 e. The number of nitrogens with zero attached hydrogens (tertiary/aromatic N) is 1. The van der Waals surface area contributed by atoms with Gasteiger partial charge in [0, 0.05) is 0 Å². The second-order valence-electron chi connectivity index (χ2n) is 4.35. The third kappa shape index (κ3) is 2.04. The number of nitriles is 1. The molecule has 1 aliphatic rings. The number of rotatable bonds is 1. The Balaban J connectivity index is 2.32. The van der Waals surface area contributed by atoms with E-state index in [4.69, 9.17) is 14.6 Å². The maximum Gasteiger partial charge on any atom is 0.563 e. The summed E-state index contributed by atoms with van der Waals surface area (Å²) in [5, 5.41) is 8.75. The molecule has 1 aromatic carbocycles. The molecule has 1 fully saturated rings. The average molecular weight is 231 g/mol. The monoisotopic (exact) mass is 231 g/mol. The highest BCUT2D eigenvalue weighted by Gasteiger charge is 2.42. The largest absolute Gasteiger partial charge is 0.563 e. The fourth-order valence-electron chi connectivity index (χ4n) is 1.54. The van der Waals surface area contributed by atoms with E-state index in [2.05, 4.69) is 6.58 Å². The van der Waals surface area contributed by atoms with Gasteiger partial charge in [-0.1, -0.05) is 12.6 Å². The second kappa shape index (κ2) is 3.90. The molecule has 2 rings (SSSR count). The van der Waals surface area contributed by atoms with E-state index < -0.39 is 18.5 Å². The van der Waals surface area contributed by atoms with Gasteiger partial charge in [0.1, 0.15) is 17.5 Å². The maximum absolute atomic E-state index is 13.2. The third-order valence-corrected chi connectivity index (χ3v) is 2.71. The molecule has 86 valence electrons. The minimum absolute atomic E-state index is 0.0231. The van der Waals surface area contributed by atoms with Gasteiger partial charge in [-0.3, -0.25) is 0 Å². The highest BCUT2D eigenvalue weighted by Crippen LogP contribution is 2.29. The quantitative estimate of drug-likeness (QED) is 0.691. The summed E-state index contributed by atoms with van der Waals surface area (Å²) in [5.74, 6) is -0.0299. The van der Waals surface area contributed by atoms with E-state index in [1.807, 2.05) is 13.8 Å². The van der Waals surface area contributed by atoms with Crippen LogP contribution in [0.5, 0.6) is 0 Å². The SMILES string of the molecule is C=C1OB(c2ccc(F)c(C#N)c2)OC1(C)C. The molecule has 5 heteroatoms. The summed E-state index contributed by atoms with van der Waals surface area (Å²) in [6, 6.07) is 5.98. The molecule has 0 aliphatic carbocycles. The standard InChI is InChI=1S/C12H11BFNO2/c1-8-12(2,3)17-13(16-8)10-4-5-11(14)9(6-10)7-15/h4-6H,1H2,2-3H3. The van der Waals surface area contributed by atoms with Crippen molar-refractivity contribution < 1.29 is 13.7 Å². The fraction of sp³-hybridized carbons (Fsp3) is 0.250. The predicted molar refractivity (Wildman–Crippen MR) is 61.9 cm³/mol. The van der Waals surface area contributed by atoms with Gasteiger partial charge in [0.2, 0.25) is 0 Å². The lowest BCUT2D eigenvalue weighted by molar-refractivity contribution is 0.173. The number of hydrogen-bond acceptors (Lipinski definition) is 3. The molecule has 0 atom stereocenters. The zero-order valence-electron chi connectivity index (χ0n) is 9.66. The summed E-state index contributed by atoms with van der Waals surface area (Å²) in [5.41, 5.74) is 0.00553. The van der Waals surface area contributed by atoms with Gasteiger partial charge in [-0.2, -0.15) is 5.26 Å². The van der Waals surface area contributed by atoms with E-state index in [-0.39, 0.29) is 5.56 Å². The molecule has 0 bridgehead atoms. The van der Waals surface area contributed by atoms with Crippen molar-refractivity contribution in [1.82, 2.24) is 0 Å². The first-order valence-electron chi connectivity index (χ1n) is 5.17. The van der Waals surface area contributed by atoms with Crippen LogP contribution >= 0.6 is 0 Å². The van der Waals surface area contributed by atoms with E-state index in [0.717, 1.165) is 0 Å². The molecule has 1 aromatic rings. The van der Waals surface area contributed by atoms with Crippen molar-refractivity contribution in [3.05, 3.63) is 41.9 Å². The molecule has 0 radical (unpaired) electrons. The maximum atomic E-state index is 13.2. The van der Waals surface area contributed by atoms with Crippen LogP contribution in [-0.2, 0) is 9.31 Å². The van der Waals surface area contributed by atoms with Crippen molar-refractivity contribution in [2.24, 2.45) is 0 Å². The lowest BCUT2D eigenvalue weighted by Gasteiger charge is -2.15. The van der Waals surface area contributed by atoms with Crippen molar-refractivity contribution in [1.29, 1.82) is 5.26 Å². The number of benzene rings is 1. The Morgan fingerprint density at radius 1 is 1.47 bits per heavy atom. The minimum atomic E-state index is -0.634. The van der Waals surface area contributed by atoms with Crippen molar-refractivity contribution in [3.8, 4) is 6.07 Å². The molecule has 0 unspecified atom stereocenters. The average Bonchev–Trinajstić information content (AvgIpc) is 2.54. The molecular formula is C12H11BFNO2. The van der Waals surface area contributed by atoms with Gasteiger partial charge in [0.25, 0.3) is 0 Å². The zero-order chi connectivity index (χ0) is 12.6. The van der Waals surface area contributed by atoms with Crippen LogP contribution < -0.4 is 5.46 Å². The van der Waals surface area contributed by atoms with Crippen LogP contribution in [0.4, 0.5) is 4.39 Å². The first kappa shape index (κ1) is 11.7. The molecule has 1 aliphatic heterocycles. The summed E-state index contributed by atoms with van der Waals surface area (Å²) >= 11 is 0. The van der Waals surface area contributed by atoms with Gasteiger partial charge in [-0.05, 0) is 31.4 Å². The van der Waals surface area contributed by atoms with E-state index in [0.29, 0.717) is 11.2 Å². The molecule has 0 amide bonds. The van der Waals surface area contributed by atoms with E-state index >= 15 is 0 Å². The summed E-state index contributed by atoms with van der Waals surface area (Å²) < 4.78 is 24.3. The number of halogens is 1. The Hall–Kier alpha value is -1.80. The molecule has 1 heterocycles. The van der Waals surface area contributed by atoms with E-state index in [1.54, 1.807) is 6.07 Å². The Morgan fingerprint density at radius 2 is 2.18 bits per heavy atom. The molecule has 0 N–H and O–H groups in total. The van der Waals surface area contributed by atoms with Crippen LogP contribution in [0.15, 0.2) is 30.5 Å². The van der Waals surface area contributed by atoms with Crippen LogP contribution in [0.3, 0.4) is 0 Å². The van der Waals surface area contributed by atoms with E-state index in [9.17, 15) is 4.39 Å². The third-order valence-electron chi connectivity index (χ3n) is 2.71. The summed E-state index contributed by atoms with van der Waals surface area (Å²) in [4.78, 5) is 0. The molecule has 0 spiro atoms. The van der Waals surface area contributed by atoms with E-state index in [1.165, 1.54) is 18.2 Å². The van der Waals surface area contributed by atoms with Gasteiger partial charge in [0.15, 0.2) is 0 Å². The first-order chi connectivity index (χ1) is 7.94. The van der Waals surface area contributed by atoms with Crippen LogP contribution in [-0.4, -0.2) is 12.7 Å². The molecule has 1 saturated heterocycles. The van der Waals surface area contributed by atoms with Gasteiger partial charge >= 0.3 is 7.12 Å². The Morgan fingerprint density at radius 3 is 2.71 bits per heavy atom. The highest BCUT2D eigenvalue weighted by molar-refractivity contribution is 6.62. The van der Waals surface area contributed by atoms with Gasteiger partial charge in [0.05, 0.1) is 11.3 Å². The van der Waals surface area contributed by atoms with Crippen LogP contribution in [0, 0.1) is 17.1 Å². The lowest BCUT2D eigenvalue weighted by Crippen LogP contribution is -2.34. The lowest BCUT2D eigenvalue weighted by atomic mass is 9.78. The summed E-state index contributed by atoms with van der Waals surface area (Å²) in [6.45, 7) is 7.43. The molecule has 3 nitrogen and oxygen atoms in total. The Bertz CT molecular complexity index is 522. The fourth-order valence-corrected chi connectivity index (χ4v) is 1.54. The first-order valence-corrected chi connectivity index (χ1v) is 5.17. The zero-order valence-corrected chi connectivity index (χ0v) is 9.66. The van der Waals surface area contributed by atoms with Crippen molar-refractivity contribution >= 4 is 12.6 Å². The summed E-state index contributed by atoms with van der Waals surface area (Å²) in [6.07, 6.45) is 0. The van der Waals surface area contributed by atoms with Gasteiger partial charge in [-0.15, -0.1) is 0 Å². The van der Waals surface area contributed by atoms with Crippen LogP contribution in [0.2, 0.25) is 0 Å². The van der Waals surface area contributed by atoms with Crippen LogP contribution in [0.25, 0.3) is 0 Å². The molecule has 0 saturated carbocycles. The highest BCUT2D eigenvalue weighted by atomic mass is 19.1. The van der Waals surface area contributed by atoms with Crippen molar-refractivity contribution in [3.63, 3.8) is 0 Å². The predicted octanol–water partition coefficient (Wildman–Crippen LogP) is 1.73. The van der Waals surface area contributed by atoms with Crippen molar-refractivity contribution in [2.75, 3.05) is 0 Å². The normalized spacial score (nSPS) is 17.8. The Kier molecular flexibility index (Phi) is 2.68. The Labute approximate surface area is 99.6 Å². The second-order valence-corrected chi connectivity index (χ2v) is 4.35. The number of hydrogen-bond donors (Lipinski definition) is 0. The topological polar surface area (TPSA) is 42.2 Å². The molecule has 0 aromatic heterocycles. The van der Waals surface area contributed by atoms with Crippen LogP contribution in [0.1, 0.15) is 19.4 Å². The van der Waals surface area contributed by atoms with Crippen molar-refractivity contribution in [2.45, 2.75) is 19.4 Å². The smallest absolute Gasteiger partial charge is 0.534 e. The van der Waals surface area contributed by atoms with Gasteiger partial charge < -0.3 is 9.31 Å². The van der Waals surface area contributed by atoms with Gasteiger partial charge in [-0.25, -0.2) is 4.39 Å².